The number of carboxylic acid groups (broad SMARTS) is 1. The van der Waals surface area contributed by atoms with Gasteiger partial charge in [-0.2, -0.15) is 0 Å². The molecule has 1 aliphatic heterocycles. The maximum atomic E-state index is 12.3. The van der Waals surface area contributed by atoms with Gasteiger partial charge in [-0.3, -0.25) is 4.79 Å². The second kappa shape index (κ2) is 4.68. The summed E-state index contributed by atoms with van der Waals surface area (Å²) in [5.74, 6) is -1.28. The lowest BCUT2D eigenvalue weighted by Gasteiger charge is -2.43. The molecule has 2 heterocycles. The number of amides is 1. The molecule has 0 radical (unpaired) electrons. The number of hydrogen-bond acceptors (Lipinski definition) is 4. The molecule has 0 bridgehead atoms. The molecule has 0 spiro atoms. The number of carbonyl (C=O) groups excluding carboxylic acids is 1. The monoisotopic (exact) mass is 266 g/mol. The van der Waals surface area contributed by atoms with Gasteiger partial charge < -0.3 is 14.5 Å². The van der Waals surface area contributed by atoms with Crippen LogP contribution in [-0.4, -0.2) is 39.6 Å². The standard InChI is InChI=1S/C13H18N2O4/c1-8-7-9(19-14-8)11(16)15-6-4-5-13(2,3)10(15)12(17)18/h7,10H,4-6H2,1-3H3,(H,17,18). The summed E-state index contributed by atoms with van der Waals surface area (Å²) in [6.07, 6.45) is 1.57. The van der Waals surface area contributed by atoms with Gasteiger partial charge in [0.1, 0.15) is 6.04 Å². The minimum atomic E-state index is -0.978. The Morgan fingerprint density at radius 1 is 1.53 bits per heavy atom. The van der Waals surface area contributed by atoms with Crippen molar-refractivity contribution in [2.45, 2.75) is 39.7 Å². The van der Waals surface area contributed by atoms with Crippen LogP contribution in [-0.2, 0) is 4.79 Å². The summed E-state index contributed by atoms with van der Waals surface area (Å²) in [5, 5.41) is 13.1. The zero-order valence-corrected chi connectivity index (χ0v) is 11.3. The molecule has 1 aliphatic rings. The van der Waals surface area contributed by atoms with Crippen molar-refractivity contribution in [3.8, 4) is 0 Å². The van der Waals surface area contributed by atoms with Gasteiger partial charge >= 0.3 is 5.97 Å². The quantitative estimate of drug-likeness (QED) is 0.880. The molecule has 1 unspecified atom stereocenters. The minimum Gasteiger partial charge on any atom is -0.480 e. The predicted octanol–water partition coefficient (Wildman–Crippen LogP) is 1.70. The highest BCUT2D eigenvalue weighted by Crippen LogP contribution is 2.36. The van der Waals surface area contributed by atoms with Gasteiger partial charge in [0.2, 0.25) is 5.76 Å². The van der Waals surface area contributed by atoms with Crippen molar-refractivity contribution < 1.29 is 19.2 Å². The van der Waals surface area contributed by atoms with Gasteiger partial charge in [0.25, 0.3) is 5.91 Å². The number of piperidine rings is 1. The summed E-state index contributed by atoms with van der Waals surface area (Å²) in [6, 6.07) is 0.696. The Hall–Kier alpha value is -1.85. The fraction of sp³-hybridized carbons (Fsp3) is 0.615. The van der Waals surface area contributed by atoms with E-state index in [1.54, 1.807) is 6.92 Å². The SMILES string of the molecule is Cc1cc(C(=O)N2CCCC(C)(C)C2C(=O)O)on1. The van der Waals surface area contributed by atoms with E-state index in [0.29, 0.717) is 12.2 Å². The fourth-order valence-corrected chi connectivity index (χ4v) is 2.68. The largest absolute Gasteiger partial charge is 0.480 e. The van der Waals surface area contributed by atoms with Crippen LogP contribution in [0.2, 0.25) is 0 Å². The number of rotatable bonds is 2. The van der Waals surface area contributed by atoms with E-state index in [0.717, 1.165) is 12.8 Å². The molecule has 19 heavy (non-hydrogen) atoms. The fourth-order valence-electron chi connectivity index (χ4n) is 2.68. The molecule has 1 N–H and O–H groups in total. The first-order chi connectivity index (χ1) is 8.83. The Bertz CT molecular complexity index is 506. The van der Waals surface area contributed by atoms with Crippen LogP contribution in [0.25, 0.3) is 0 Å². The van der Waals surface area contributed by atoms with Gasteiger partial charge in [-0.25, -0.2) is 4.79 Å². The Labute approximate surface area is 111 Å². The summed E-state index contributed by atoms with van der Waals surface area (Å²) in [7, 11) is 0. The molecule has 1 aromatic rings. The van der Waals surface area contributed by atoms with Crippen LogP contribution >= 0.6 is 0 Å². The maximum absolute atomic E-state index is 12.3. The van der Waals surface area contributed by atoms with E-state index in [1.807, 2.05) is 13.8 Å². The van der Waals surface area contributed by atoms with Gasteiger partial charge in [0, 0.05) is 12.6 Å². The third kappa shape index (κ3) is 2.47. The first kappa shape index (κ1) is 13.6. The molecule has 1 amide bonds. The highest BCUT2D eigenvalue weighted by molar-refractivity contribution is 5.94. The second-order valence-corrected chi connectivity index (χ2v) is 5.66. The van der Waals surface area contributed by atoms with E-state index in [-0.39, 0.29) is 5.76 Å². The predicted molar refractivity (Wildman–Crippen MR) is 66.7 cm³/mol. The summed E-state index contributed by atoms with van der Waals surface area (Å²) in [4.78, 5) is 25.2. The number of carbonyl (C=O) groups is 2. The first-order valence-electron chi connectivity index (χ1n) is 6.30. The molecule has 1 atom stereocenters. The van der Waals surface area contributed by atoms with Crippen molar-refractivity contribution in [1.29, 1.82) is 0 Å². The number of hydrogen-bond donors (Lipinski definition) is 1. The number of aromatic nitrogens is 1. The van der Waals surface area contributed by atoms with Crippen LogP contribution in [0, 0.1) is 12.3 Å². The number of likely N-dealkylation sites (tertiary alicyclic amines) is 1. The Kier molecular flexibility index (Phi) is 3.34. The van der Waals surface area contributed by atoms with Crippen LogP contribution in [0.3, 0.4) is 0 Å². The van der Waals surface area contributed by atoms with Gasteiger partial charge in [0.15, 0.2) is 0 Å². The molecular formula is C13H18N2O4. The first-order valence-corrected chi connectivity index (χ1v) is 6.30. The van der Waals surface area contributed by atoms with Gasteiger partial charge in [-0.05, 0) is 25.2 Å². The third-order valence-electron chi connectivity index (χ3n) is 3.61. The zero-order valence-electron chi connectivity index (χ0n) is 11.3. The normalized spacial score (nSPS) is 22.3. The summed E-state index contributed by atoms with van der Waals surface area (Å²) >= 11 is 0. The van der Waals surface area contributed by atoms with Crippen molar-refractivity contribution in [2.75, 3.05) is 6.54 Å². The molecule has 1 saturated heterocycles. The second-order valence-electron chi connectivity index (χ2n) is 5.66. The Balaban J connectivity index is 2.31. The zero-order chi connectivity index (χ0) is 14.2. The lowest BCUT2D eigenvalue weighted by molar-refractivity contribution is -0.148. The van der Waals surface area contributed by atoms with Crippen LogP contribution < -0.4 is 0 Å². The third-order valence-corrected chi connectivity index (χ3v) is 3.61. The van der Waals surface area contributed by atoms with Gasteiger partial charge in [-0.1, -0.05) is 19.0 Å². The van der Waals surface area contributed by atoms with Crippen LogP contribution in [0.4, 0.5) is 0 Å². The average Bonchev–Trinajstić information content (AvgIpc) is 2.72. The Morgan fingerprint density at radius 3 is 2.74 bits per heavy atom. The lowest BCUT2D eigenvalue weighted by Crippen LogP contribution is -2.56. The molecule has 2 rings (SSSR count). The maximum Gasteiger partial charge on any atom is 0.326 e. The van der Waals surface area contributed by atoms with Crippen molar-refractivity contribution in [3.05, 3.63) is 17.5 Å². The van der Waals surface area contributed by atoms with Crippen LogP contribution in [0.15, 0.2) is 10.6 Å². The van der Waals surface area contributed by atoms with Crippen molar-refractivity contribution in [1.82, 2.24) is 10.1 Å². The van der Waals surface area contributed by atoms with Gasteiger partial charge in [-0.15, -0.1) is 0 Å². The minimum absolute atomic E-state index is 0.0986. The van der Waals surface area contributed by atoms with E-state index in [4.69, 9.17) is 4.52 Å². The molecule has 104 valence electrons. The highest BCUT2D eigenvalue weighted by Gasteiger charge is 2.45. The van der Waals surface area contributed by atoms with Crippen molar-refractivity contribution in [2.24, 2.45) is 5.41 Å². The highest BCUT2D eigenvalue weighted by atomic mass is 16.5. The molecule has 0 saturated carbocycles. The smallest absolute Gasteiger partial charge is 0.326 e. The summed E-state index contributed by atoms with van der Waals surface area (Å²) in [5.41, 5.74) is 0.154. The molecule has 6 heteroatoms. The summed E-state index contributed by atoms with van der Waals surface area (Å²) < 4.78 is 4.94. The molecule has 0 aromatic carbocycles. The van der Waals surface area contributed by atoms with Crippen molar-refractivity contribution >= 4 is 11.9 Å². The Morgan fingerprint density at radius 2 is 2.21 bits per heavy atom. The molecule has 1 aromatic heterocycles. The van der Waals surface area contributed by atoms with E-state index < -0.39 is 23.3 Å². The molecule has 6 nitrogen and oxygen atoms in total. The van der Waals surface area contributed by atoms with E-state index in [1.165, 1.54) is 11.0 Å². The molecule has 0 aliphatic carbocycles. The van der Waals surface area contributed by atoms with Crippen LogP contribution in [0.1, 0.15) is 42.9 Å². The van der Waals surface area contributed by atoms with E-state index >= 15 is 0 Å². The van der Waals surface area contributed by atoms with Gasteiger partial charge in [0.05, 0.1) is 5.69 Å². The van der Waals surface area contributed by atoms with Crippen molar-refractivity contribution in [3.63, 3.8) is 0 Å². The van der Waals surface area contributed by atoms with E-state index in [2.05, 4.69) is 5.16 Å². The summed E-state index contributed by atoms with van der Waals surface area (Å²) in [6.45, 7) is 5.89. The number of nitrogens with zero attached hydrogens (tertiary/aromatic N) is 2. The number of aliphatic carboxylic acids is 1. The van der Waals surface area contributed by atoms with E-state index in [9.17, 15) is 14.7 Å². The molecule has 1 fully saturated rings. The number of aryl methyl sites for hydroxylation is 1. The molecular weight excluding hydrogens is 248 g/mol. The lowest BCUT2D eigenvalue weighted by atomic mass is 9.76. The average molecular weight is 266 g/mol. The number of carboxylic acids is 1. The topological polar surface area (TPSA) is 83.6 Å². The van der Waals surface area contributed by atoms with Crippen LogP contribution in [0.5, 0.6) is 0 Å².